The van der Waals surface area contributed by atoms with Crippen LogP contribution < -0.4 is 5.32 Å². The summed E-state index contributed by atoms with van der Waals surface area (Å²) >= 11 is 0. The molecule has 0 aliphatic rings. The molecule has 2 aromatic heterocycles. The fraction of sp³-hybridized carbons (Fsp3) is 0.750. The Morgan fingerprint density at radius 2 is 1.54 bits per heavy atom. The molecule has 0 amide bonds. The van der Waals surface area contributed by atoms with Crippen LogP contribution in [0.15, 0.2) is 6.20 Å². The molecule has 0 spiro atoms. The van der Waals surface area contributed by atoms with Crippen LogP contribution in [0.2, 0.25) is 0 Å². The molecule has 0 aromatic carbocycles. The van der Waals surface area contributed by atoms with Crippen LogP contribution in [0.3, 0.4) is 0 Å². The molecule has 0 aliphatic heterocycles. The summed E-state index contributed by atoms with van der Waals surface area (Å²) in [5, 5.41) is 7.90. The van der Waals surface area contributed by atoms with Gasteiger partial charge in [-0.15, -0.1) is 0 Å². The van der Waals surface area contributed by atoms with Gasteiger partial charge < -0.3 is 9.88 Å². The van der Waals surface area contributed by atoms with Gasteiger partial charge in [-0.3, -0.25) is 0 Å². The Balaban J connectivity index is 2.11. The molecule has 2 rings (SSSR count). The monoisotopic (exact) mass is 360 g/mol. The third kappa shape index (κ3) is 4.46. The number of anilines is 1. The van der Waals surface area contributed by atoms with Gasteiger partial charge in [-0.25, -0.2) is 14.6 Å². The molecule has 2 heterocycles. The van der Waals surface area contributed by atoms with Gasteiger partial charge in [-0.1, -0.05) is 34.6 Å². The van der Waals surface area contributed by atoms with Gasteiger partial charge >= 0.3 is 0 Å². The summed E-state index contributed by atoms with van der Waals surface area (Å²) in [6.45, 7) is 15.4. The molecule has 0 bridgehead atoms. The second kappa shape index (κ2) is 8.69. The van der Waals surface area contributed by atoms with E-state index in [2.05, 4.69) is 69.2 Å². The Kier molecular flexibility index (Phi) is 6.84. The van der Waals surface area contributed by atoms with Crippen molar-refractivity contribution < 1.29 is 0 Å². The van der Waals surface area contributed by atoms with Crippen molar-refractivity contribution in [3.8, 4) is 0 Å². The van der Waals surface area contributed by atoms with Crippen molar-refractivity contribution in [1.29, 1.82) is 0 Å². The van der Waals surface area contributed by atoms with Gasteiger partial charge in [-0.2, -0.15) is 5.10 Å². The molecule has 2 atom stereocenters. The van der Waals surface area contributed by atoms with E-state index in [0.29, 0.717) is 23.9 Å². The number of imidazole rings is 1. The molecule has 0 saturated carbocycles. The average molecular weight is 361 g/mol. The lowest BCUT2D eigenvalue weighted by Gasteiger charge is -2.21. The maximum Gasteiger partial charge on any atom is 0.150 e. The Bertz CT molecular complexity index is 637. The Morgan fingerprint density at radius 3 is 2.08 bits per heavy atom. The highest BCUT2D eigenvalue weighted by molar-refractivity contribution is 5.33. The fourth-order valence-corrected chi connectivity index (χ4v) is 3.30. The molecule has 0 saturated heterocycles. The number of aromatic nitrogens is 5. The molecular weight excluding hydrogens is 324 g/mol. The van der Waals surface area contributed by atoms with Crippen molar-refractivity contribution in [2.45, 2.75) is 91.6 Å². The van der Waals surface area contributed by atoms with E-state index < -0.39 is 0 Å². The van der Waals surface area contributed by atoms with Crippen LogP contribution in [0, 0.1) is 0 Å². The molecule has 26 heavy (non-hydrogen) atoms. The van der Waals surface area contributed by atoms with E-state index in [9.17, 15) is 0 Å². The van der Waals surface area contributed by atoms with E-state index in [-0.39, 0.29) is 0 Å². The molecule has 0 aliphatic carbocycles. The highest BCUT2D eigenvalue weighted by Gasteiger charge is 2.20. The number of hydrogen-bond acceptors (Lipinski definition) is 4. The van der Waals surface area contributed by atoms with E-state index in [0.717, 1.165) is 42.6 Å². The van der Waals surface area contributed by atoms with Crippen molar-refractivity contribution in [1.82, 2.24) is 24.3 Å². The van der Waals surface area contributed by atoms with Gasteiger partial charge in [0.1, 0.15) is 17.5 Å². The van der Waals surface area contributed by atoms with Crippen molar-refractivity contribution in [3.05, 3.63) is 23.7 Å². The van der Waals surface area contributed by atoms with E-state index in [4.69, 9.17) is 15.1 Å². The van der Waals surface area contributed by atoms with Gasteiger partial charge in [0.15, 0.2) is 5.82 Å². The lowest BCUT2D eigenvalue weighted by Crippen LogP contribution is -2.15. The smallest absolute Gasteiger partial charge is 0.150 e. The number of nitrogens with one attached hydrogen (secondary N) is 1. The minimum Gasteiger partial charge on any atom is -0.372 e. The van der Waals surface area contributed by atoms with Gasteiger partial charge in [0.05, 0.1) is 6.04 Å². The maximum absolute atomic E-state index is 4.74. The van der Waals surface area contributed by atoms with Gasteiger partial charge in [0.25, 0.3) is 0 Å². The van der Waals surface area contributed by atoms with Crippen molar-refractivity contribution in [2.75, 3.05) is 12.4 Å². The third-order valence-corrected chi connectivity index (χ3v) is 4.96. The minimum absolute atomic E-state index is 0.345. The van der Waals surface area contributed by atoms with Gasteiger partial charge in [0.2, 0.25) is 0 Å². The lowest BCUT2D eigenvalue weighted by atomic mass is 10.1. The Labute approximate surface area is 158 Å². The van der Waals surface area contributed by atoms with E-state index >= 15 is 0 Å². The summed E-state index contributed by atoms with van der Waals surface area (Å²) in [4.78, 5) is 9.43. The zero-order chi connectivity index (χ0) is 19.4. The lowest BCUT2D eigenvalue weighted by molar-refractivity contribution is 0.374. The summed E-state index contributed by atoms with van der Waals surface area (Å²) in [6.07, 6.45) is 5.17. The predicted molar refractivity (Wildman–Crippen MR) is 108 cm³/mol. The average Bonchev–Trinajstić information content (AvgIpc) is 3.23. The number of rotatable bonds is 9. The van der Waals surface area contributed by atoms with Crippen LogP contribution in [0.1, 0.15) is 103 Å². The first-order chi connectivity index (χ1) is 12.3. The third-order valence-electron chi connectivity index (χ3n) is 4.96. The first-order valence-electron chi connectivity index (χ1n) is 10.00. The fourth-order valence-electron chi connectivity index (χ4n) is 3.30. The van der Waals surface area contributed by atoms with Crippen LogP contribution >= 0.6 is 0 Å². The molecule has 1 N–H and O–H groups in total. The Hall–Kier alpha value is -1.85. The van der Waals surface area contributed by atoms with Crippen molar-refractivity contribution in [2.24, 2.45) is 0 Å². The van der Waals surface area contributed by atoms with E-state index in [1.54, 1.807) is 0 Å². The van der Waals surface area contributed by atoms with Crippen LogP contribution in [-0.4, -0.2) is 31.4 Å². The largest absolute Gasteiger partial charge is 0.372 e. The van der Waals surface area contributed by atoms with Gasteiger partial charge in [0, 0.05) is 37.5 Å². The summed E-state index contributed by atoms with van der Waals surface area (Å²) in [6, 6.07) is 0.749. The molecule has 146 valence electrons. The molecule has 6 heteroatoms. The van der Waals surface area contributed by atoms with Crippen molar-refractivity contribution >= 4 is 5.82 Å². The van der Waals surface area contributed by atoms with Crippen LogP contribution in [-0.2, 0) is 6.42 Å². The van der Waals surface area contributed by atoms with Gasteiger partial charge in [-0.05, 0) is 26.7 Å². The highest BCUT2D eigenvalue weighted by atomic mass is 15.4. The zero-order valence-corrected chi connectivity index (χ0v) is 17.7. The summed E-state index contributed by atoms with van der Waals surface area (Å²) in [7, 11) is 1.92. The first kappa shape index (κ1) is 20.5. The summed E-state index contributed by atoms with van der Waals surface area (Å²) in [5.41, 5.74) is 0. The second-order valence-corrected chi connectivity index (χ2v) is 7.91. The maximum atomic E-state index is 4.74. The molecule has 6 nitrogen and oxygen atoms in total. The quantitative estimate of drug-likeness (QED) is 0.689. The predicted octanol–water partition coefficient (Wildman–Crippen LogP) is 4.93. The van der Waals surface area contributed by atoms with E-state index in [1.807, 2.05) is 7.05 Å². The number of hydrogen-bond donors (Lipinski definition) is 1. The first-order valence-corrected chi connectivity index (χ1v) is 10.00. The number of aryl methyl sites for hydroxylation is 1. The highest BCUT2D eigenvalue weighted by Crippen LogP contribution is 2.27. The summed E-state index contributed by atoms with van der Waals surface area (Å²) in [5.74, 6) is 4.94. The topological polar surface area (TPSA) is 60.6 Å². The molecule has 2 aromatic rings. The standard InChI is InChI=1S/C20H36N6/c1-9-17-22-20(14(4)5)26(24-17)16(7)11-10-15(6)25-12-18(21-8)23-19(25)13(2)3/h12-16,21H,9-11H2,1-8H3. The minimum atomic E-state index is 0.345. The number of nitrogens with zero attached hydrogens (tertiary/aromatic N) is 5. The molecule has 0 fully saturated rings. The molecule has 2 unspecified atom stereocenters. The SMILES string of the molecule is CCc1nc(C(C)C)n(C(C)CCC(C)n2cc(NC)nc2C(C)C)n1. The Morgan fingerprint density at radius 1 is 0.923 bits per heavy atom. The summed E-state index contributed by atoms with van der Waals surface area (Å²) < 4.78 is 4.47. The van der Waals surface area contributed by atoms with Crippen molar-refractivity contribution in [3.63, 3.8) is 0 Å². The van der Waals surface area contributed by atoms with E-state index in [1.165, 1.54) is 0 Å². The molecule has 0 radical (unpaired) electrons. The van der Waals surface area contributed by atoms with Crippen LogP contribution in [0.4, 0.5) is 5.82 Å². The second-order valence-electron chi connectivity index (χ2n) is 7.91. The van der Waals surface area contributed by atoms with Crippen LogP contribution in [0.5, 0.6) is 0 Å². The zero-order valence-electron chi connectivity index (χ0n) is 17.7. The normalized spacial score (nSPS) is 14.2. The van der Waals surface area contributed by atoms with Crippen LogP contribution in [0.25, 0.3) is 0 Å². The molecular formula is C20H36N6.